The van der Waals surface area contributed by atoms with Gasteiger partial charge in [-0.3, -0.25) is 19.3 Å². The lowest BCUT2D eigenvalue weighted by atomic mass is 10.0. The summed E-state index contributed by atoms with van der Waals surface area (Å²) in [6.07, 6.45) is 3.20. The van der Waals surface area contributed by atoms with Gasteiger partial charge >= 0.3 is 11.9 Å². The number of carbonyl (C=O) groups excluding carboxylic acids is 4. The zero-order valence-corrected chi connectivity index (χ0v) is 21.1. The molecule has 1 aromatic rings. The number of anilines is 1. The van der Waals surface area contributed by atoms with Gasteiger partial charge in [0.15, 0.2) is 10.8 Å². The number of nitrogen functional groups attached to an aromatic ring is 1. The van der Waals surface area contributed by atoms with Gasteiger partial charge < -0.3 is 25.4 Å². The molecule has 0 radical (unpaired) electrons. The maximum atomic E-state index is 13.1. The van der Waals surface area contributed by atoms with Crippen molar-refractivity contribution in [2.75, 3.05) is 18.6 Å². The highest BCUT2D eigenvalue weighted by Gasteiger charge is 2.54. The van der Waals surface area contributed by atoms with Gasteiger partial charge in [-0.1, -0.05) is 24.2 Å². The van der Waals surface area contributed by atoms with Crippen molar-refractivity contribution >= 4 is 57.7 Å². The van der Waals surface area contributed by atoms with Gasteiger partial charge in [0, 0.05) is 25.0 Å². The first kappa shape index (κ1) is 26.2. The monoisotopic (exact) mass is 523 g/mol. The van der Waals surface area contributed by atoms with Crippen LogP contribution in [0.1, 0.15) is 32.9 Å². The highest BCUT2D eigenvalue weighted by atomic mass is 32.2. The Labute approximate surface area is 209 Å². The molecule has 3 atom stereocenters. The molecule has 0 bridgehead atoms. The third-order valence-electron chi connectivity index (χ3n) is 4.80. The molecule has 2 aliphatic heterocycles. The zero-order chi connectivity index (χ0) is 25.7. The van der Waals surface area contributed by atoms with Crippen LogP contribution in [0.3, 0.4) is 0 Å². The van der Waals surface area contributed by atoms with Crippen LogP contribution in [-0.2, 0) is 33.5 Å². The SMILES string of the molecule is CC/C=C/C1=C(C(=O)OC(C)OC(C)=O)N2C(=O)C(NC(=O)/C(=N/OC)c3csc(N)n3)[C@H]2SC1. The lowest BCUT2D eigenvalue weighted by Gasteiger charge is -2.49. The predicted molar refractivity (Wildman–Crippen MR) is 129 cm³/mol. The second-order valence-corrected chi connectivity index (χ2v) is 9.32. The van der Waals surface area contributed by atoms with Crippen LogP contribution in [0.5, 0.6) is 0 Å². The molecule has 1 aromatic heterocycles. The summed E-state index contributed by atoms with van der Waals surface area (Å²) in [7, 11) is 1.28. The number of hydrogen-bond donors (Lipinski definition) is 2. The van der Waals surface area contributed by atoms with E-state index in [9.17, 15) is 19.2 Å². The summed E-state index contributed by atoms with van der Waals surface area (Å²) in [6.45, 7) is 4.53. The number of nitrogens with two attached hydrogens (primary N) is 1. The normalized spacial score (nSPS) is 20.7. The van der Waals surface area contributed by atoms with Crippen molar-refractivity contribution in [1.29, 1.82) is 0 Å². The fourth-order valence-corrected chi connectivity index (χ4v) is 5.25. The maximum Gasteiger partial charge on any atom is 0.358 e. The summed E-state index contributed by atoms with van der Waals surface area (Å²) in [5, 5.41) is 7.60. The van der Waals surface area contributed by atoms with Crippen molar-refractivity contribution < 1.29 is 33.5 Å². The van der Waals surface area contributed by atoms with Crippen LogP contribution in [0.4, 0.5) is 5.13 Å². The van der Waals surface area contributed by atoms with E-state index in [0.717, 1.165) is 17.8 Å². The Kier molecular flexibility index (Phi) is 8.51. The minimum Gasteiger partial charge on any atom is -0.426 e. The summed E-state index contributed by atoms with van der Waals surface area (Å²) >= 11 is 2.51. The Morgan fingerprint density at radius 2 is 2.14 bits per heavy atom. The first-order chi connectivity index (χ1) is 16.7. The molecule has 0 aliphatic carbocycles. The van der Waals surface area contributed by atoms with Crippen molar-refractivity contribution in [3.05, 3.63) is 34.5 Å². The molecule has 0 spiro atoms. The van der Waals surface area contributed by atoms with Crippen LogP contribution in [0, 0.1) is 0 Å². The summed E-state index contributed by atoms with van der Waals surface area (Å²) in [5.41, 5.74) is 6.36. The fourth-order valence-electron chi connectivity index (χ4n) is 3.39. The summed E-state index contributed by atoms with van der Waals surface area (Å²) in [5.74, 6) is -2.20. The van der Waals surface area contributed by atoms with Gasteiger partial charge in [0.05, 0.1) is 0 Å². The van der Waals surface area contributed by atoms with Gasteiger partial charge in [0.1, 0.15) is 29.9 Å². The summed E-state index contributed by atoms with van der Waals surface area (Å²) in [6, 6.07) is -0.920. The highest BCUT2D eigenvalue weighted by Crippen LogP contribution is 2.41. The lowest BCUT2D eigenvalue weighted by Crippen LogP contribution is -2.71. The van der Waals surface area contributed by atoms with Gasteiger partial charge in [-0.15, -0.1) is 23.1 Å². The number of aromatic nitrogens is 1. The second kappa shape index (κ2) is 11.4. The van der Waals surface area contributed by atoms with Crippen molar-refractivity contribution in [2.24, 2.45) is 5.16 Å². The zero-order valence-electron chi connectivity index (χ0n) is 19.5. The fraction of sp³-hybridized carbons (Fsp3) is 0.429. The molecule has 14 heteroatoms. The van der Waals surface area contributed by atoms with E-state index in [0.29, 0.717) is 11.3 Å². The standard InChI is InChI=1S/C21H25N5O7S2/c1-5-6-7-12-8-34-19-15(24-17(28)14(25-31-4)13-9-35-21(22)23-13)18(29)26(19)16(12)20(30)33-11(3)32-10(2)27/h6-7,9,11,15,19H,5,8H2,1-4H3,(H2,22,23)(H,24,28)/b7-6+,25-14+/t11?,15?,19-/m1/s1. The average molecular weight is 524 g/mol. The number of thioether (sulfide) groups is 1. The third-order valence-corrected chi connectivity index (χ3v) is 6.78. The molecular formula is C21H25N5O7S2. The number of amides is 2. The van der Waals surface area contributed by atoms with Crippen molar-refractivity contribution in [1.82, 2.24) is 15.2 Å². The summed E-state index contributed by atoms with van der Waals surface area (Å²) < 4.78 is 10.1. The smallest absolute Gasteiger partial charge is 0.358 e. The molecule has 1 saturated heterocycles. The number of carbonyl (C=O) groups is 4. The highest BCUT2D eigenvalue weighted by molar-refractivity contribution is 8.00. The number of oxime groups is 1. The van der Waals surface area contributed by atoms with Crippen LogP contribution < -0.4 is 11.1 Å². The van der Waals surface area contributed by atoms with Gasteiger partial charge in [0.25, 0.3) is 11.8 Å². The first-order valence-electron chi connectivity index (χ1n) is 10.5. The number of fused-ring (bicyclic) bond motifs is 1. The molecule has 3 N–H and O–H groups in total. The first-order valence-corrected chi connectivity index (χ1v) is 12.5. The third kappa shape index (κ3) is 5.82. The van der Waals surface area contributed by atoms with E-state index in [1.54, 1.807) is 11.5 Å². The van der Waals surface area contributed by atoms with E-state index in [4.69, 9.17) is 20.0 Å². The number of thiazole rings is 1. The number of esters is 2. The second-order valence-electron chi connectivity index (χ2n) is 7.32. The van der Waals surface area contributed by atoms with E-state index >= 15 is 0 Å². The van der Waals surface area contributed by atoms with E-state index in [-0.39, 0.29) is 22.2 Å². The van der Waals surface area contributed by atoms with Crippen molar-refractivity contribution in [3.8, 4) is 0 Å². The molecule has 0 aromatic carbocycles. The van der Waals surface area contributed by atoms with Crippen molar-refractivity contribution in [2.45, 2.75) is 44.9 Å². The molecule has 2 aliphatic rings. The Morgan fingerprint density at radius 3 is 2.74 bits per heavy atom. The summed E-state index contributed by atoms with van der Waals surface area (Å²) in [4.78, 5) is 60.2. The van der Waals surface area contributed by atoms with Crippen LogP contribution in [0.25, 0.3) is 0 Å². The molecule has 2 amide bonds. The van der Waals surface area contributed by atoms with E-state index in [1.165, 1.54) is 37.6 Å². The predicted octanol–water partition coefficient (Wildman–Crippen LogP) is 1.15. The number of nitrogens with one attached hydrogen (secondary N) is 1. The van der Waals surface area contributed by atoms with Gasteiger partial charge in [0.2, 0.25) is 6.29 Å². The van der Waals surface area contributed by atoms with Gasteiger partial charge in [-0.25, -0.2) is 9.78 Å². The number of β-lactam (4-membered cyclic amide) rings is 1. The molecule has 2 unspecified atom stereocenters. The average Bonchev–Trinajstić information content (AvgIpc) is 3.23. The molecule has 35 heavy (non-hydrogen) atoms. The molecule has 0 saturated carbocycles. The van der Waals surface area contributed by atoms with E-state index in [2.05, 4.69) is 15.5 Å². The Hall–Kier alpha value is -3.39. The van der Waals surface area contributed by atoms with Gasteiger partial charge in [-0.2, -0.15) is 0 Å². The number of allylic oxidation sites excluding steroid dienone is 2. The Bertz CT molecular complexity index is 1110. The quantitative estimate of drug-likeness (QED) is 0.158. The molecule has 3 rings (SSSR count). The molecule has 1 fully saturated rings. The lowest BCUT2D eigenvalue weighted by molar-refractivity contribution is -0.182. The minimum atomic E-state index is -1.14. The van der Waals surface area contributed by atoms with Crippen LogP contribution >= 0.6 is 23.1 Å². The van der Waals surface area contributed by atoms with Crippen LogP contribution in [0.2, 0.25) is 0 Å². The van der Waals surface area contributed by atoms with E-state index in [1.807, 2.05) is 13.0 Å². The van der Waals surface area contributed by atoms with Crippen molar-refractivity contribution in [3.63, 3.8) is 0 Å². The number of hydrogen-bond acceptors (Lipinski definition) is 12. The Balaban J connectivity index is 1.81. The largest absolute Gasteiger partial charge is 0.426 e. The molecule has 188 valence electrons. The molecule has 3 heterocycles. The number of nitrogens with zero attached hydrogens (tertiary/aromatic N) is 3. The minimum absolute atomic E-state index is 0.0472. The van der Waals surface area contributed by atoms with Crippen LogP contribution in [0.15, 0.2) is 34.0 Å². The van der Waals surface area contributed by atoms with Crippen LogP contribution in [-0.4, -0.2) is 69.9 Å². The number of rotatable bonds is 9. The molecule has 12 nitrogen and oxygen atoms in total. The number of ether oxygens (including phenoxy) is 2. The molecular weight excluding hydrogens is 498 g/mol. The van der Waals surface area contributed by atoms with E-state index < -0.39 is 41.5 Å². The van der Waals surface area contributed by atoms with Gasteiger partial charge in [-0.05, 0) is 12.0 Å². The maximum absolute atomic E-state index is 13.1. The Morgan fingerprint density at radius 1 is 1.40 bits per heavy atom. The topological polar surface area (TPSA) is 163 Å².